The van der Waals surface area contributed by atoms with Crippen LogP contribution in [0.25, 0.3) is 0 Å². The van der Waals surface area contributed by atoms with Crippen molar-refractivity contribution in [3.05, 3.63) is 44.6 Å². The molecule has 1 aromatic carbocycles. The molecule has 0 aliphatic carbocycles. The van der Waals surface area contributed by atoms with Gasteiger partial charge in [0.2, 0.25) is 0 Å². The highest BCUT2D eigenvalue weighted by Gasteiger charge is 2.31. The molecule has 1 N–H and O–H groups in total. The minimum Gasteiger partial charge on any atom is -0.478 e. The summed E-state index contributed by atoms with van der Waals surface area (Å²) >= 11 is 0. The zero-order chi connectivity index (χ0) is 12.2. The second kappa shape index (κ2) is 4.57. The molecule has 0 atom stereocenters. The number of carboxylic acid groups (broad SMARTS) is 1. The number of hydrogen-bond acceptors (Lipinski definition) is 7. The number of benzene rings is 1. The van der Waals surface area contributed by atoms with E-state index in [-0.39, 0.29) is 10.5 Å². The van der Waals surface area contributed by atoms with E-state index in [0.29, 0.717) is 0 Å². The lowest BCUT2D eigenvalue weighted by Crippen LogP contribution is -1.98. The number of carbonyl (C=O) groups is 1. The predicted octanol–water partition coefficient (Wildman–Crippen LogP) is 2.59. The monoisotopic (exact) mass is 243 g/mol. The van der Waals surface area contributed by atoms with Crippen LogP contribution in [-0.2, 0) is 0 Å². The van der Waals surface area contributed by atoms with Crippen molar-refractivity contribution < 1.29 is 9.90 Å². The van der Waals surface area contributed by atoms with Crippen LogP contribution in [0.4, 0.5) is 0 Å². The molecule has 0 saturated heterocycles. The van der Waals surface area contributed by atoms with Crippen LogP contribution in [0.5, 0.6) is 0 Å². The number of carboxylic acids is 1. The molecule has 1 aromatic rings. The molecule has 9 heteroatoms. The van der Waals surface area contributed by atoms with E-state index in [4.69, 9.17) is 5.11 Å². The lowest BCUT2D eigenvalue weighted by molar-refractivity contribution is 0.0696. The van der Waals surface area contributed by atoms with Crippen molar-refractivity contribution in [3.63, 3.8) is 0 Å². The van der Waals surface area contributed by atoms with Gasteiger partial charge in [0, 0.05) is 13.7 Å². The number of nitrogens with zero attached hydrogens (tertiary/aromatic N) is 3. The highest BCUT2D eigenvalue weighted by atomic mass is 32.3. The summed E-state index contributed by atoms with van der Waals surface area (Å²) in [5.74, 6) is -1.27. The van der Waals surface area contributed by atoms with Crippen molar-refractivity contribution >= 4 is 16.6 Å². The second-order valence-corrected chi connectivity index (χ2v) is 4.53. The van der Waals surface area contributed by atoms with Gasteiger partial charge in [0.15, 0.2) is 10.6 Å². The summed E-state index contributed by atoms with van der Waals surface area (Å²) in [6.07, 6.45) is 0. The maximum absolute atomic E-state index is 10.6. The summed E-state index contributed by atoms with van der Waals surface area (Å²) in [6, 6.07) is 4.67. The Hall–Kier alpha value is -2.16. The van der Waals surface area contributed by atoms with Crippen molar-refractivity contribution in [3.8, 4) is 0 Å². The third-order valence-electron chi connectivity index (χ3n) is 1.71. The molecule has 0 fully saturated rings. The number of hydrogen-bond donors (Lipinski definition) is 1. The summed E-state index contributed by atoms with van der Waals surface area (Å²) < 4.78 is 6.93. The Morgan fingerprint density at radius 1 is 1.12 bits per heavy atom. The van der Waals surface area contributed by atoms with Crippen molar-refractivity contribution in [1.82, 2.24) is 0 Å². The average molecular weight is 243 g/mol. The van der Waals surface area contributed by atoms with E-state index in [1.807, 2.05) is 0 Å². The van der Waals surface area contributed by atoms with Gasteiger partial charge in [-0.2, -0.15) is 0 Å². The summed E-state index contributed by atoms with van der Waals surface area (Å²) in [5.41, 5.74) is -0.190. The van der Waals surface area contributed by atoms with Crippen LogP contribution in [0.15, 0.2) is 42.9 Å². The number of nitroso groups, excluding NO2 is 3. The van der Waals surface area contributed by atoms with Gasteiger partial charge >= 0.3 is 5.97 Å². The van der Waals surface area contributed by atoms with Gasteiger partial charge < -0.3 is 5.11 Å². The summed E-state index contributed by atoms with van der Waals surface area (Å²) in [6.45, 7) is 0. The molecule has 1 rings (SSSR count). The highest BCUT2D eigenvalue weighted by Crippen LogP contribution is 2.59. The third kappa shape index (κ3) is 1.93. The SMILES string of the molecule is O=NS(N=O)(N=O)c1cccc(C(=O)O)c1. The van der Waals surface area contributed by atoms with Crippen molar-refractivity contribution in [1.29, 1.82) is 0 Å². The molecule has 0 aliphatic heterocycles. The van der Waals surface area contributed by atoms with E-state index in [0.717, 1.165) is 6.07 Å². The minimum atomic E-state index is -3.60. The fraction of sp³-hybridized carbons (Fsp3) is 0. The summed E-state index contributed by atoms with van der Waals surface area (Å²) in [7, 11) is -3.60. The van der Waals surface area contributed by atoms with Crippen LogP contribution in [0.1, 0.15) is 10.4 Å². The molecular formula is C7H5N3O5S. The molecule has 84 valence electrons. The minimum absolute atomic E-state index is 0.190. The van der Waals surface area contributed by atoms with Gasteiger partial charge in [0.25, 0.3) is 0 Å². The Morgan fingerprint density at radius 2 is 1.69 bits per heavy atom. The molecule has 0 unspecified atom stereocenters. The summed E-state index contributed by atoms with van der Waals surface area (Å²) in [5, 5.41) is 8.68. The van der Waals surface area contributed by atoms with E-state index in [2.05, 4.69) is 13.7 Å². The molecule has 0 heterocycles. The Balaban J connectivity index is 3.36. The van der Waals surface area contributed by atoms with Crippen LogP contribution in [0.3, 0.4) is 0 Å². The first-order valence-corrected chi connectivity index (χ1v) is 5.30. The van der Waals surface area contributed by atoms with Gasteiger partial charge in [-0.25, -0.2) is 4.79 Å². The topological polar surface area (TPSA) is 126 Å². The molecular weight excluding hydrogens is 238 g/mol. The molecule has 0 bridgehead atoms. The Morgan fingerprint density at radius 3 is 2.12 bits per heavy atom. The van der Waals surface area contributed by atoms with Crippen molar-refractivity contribution in [2.45, 2.75) is 4.90 Å². The first kappa shape index (κ1) is 11.9. The number of aromatic carboxylic acids is 1. The van der Waals surface area contributed by atoms with Crippen LogP contribution >= 0.6 is 10.6 Å². The molecule has 0 saturated carbocycles. The molecule has 0 aliphatic rings. The second-order valence-electron chi connectivity index (χ2n) is 2.58. The van der Waals surface area contributed by atoms with Crippen molar-refractivity contribution in [2.75, 3.05) is 0 Å². The van der Waals surface area contributed by atoms with Crippen LogP contribution in [-0.4, -0.2) is 11.1 Å². The van der Waals surface area contributed by atoms with Crippen LogP contribution < -0.4 is 0 Å². The average Bonchev–Trinajstić information content (AvgIpc) is 2.32. The van der Waals surface area contributed by atoms with Gasteiger partial charge in [-0.3, -0.25) is 0 Å². The Labute approximate surface area is 90.3 Å². The van der Waals surface area contributed by atoms with Gasteiger partial charge in [-0.15, -0.1) is 14.7 Å². The molecule has 16 heavy (non-hydrogen) atoms. The molecule has 0 radical (unpaired) electrons. The molecule has 0 amide bonds. The van der Waals surface area contributed by atoms with Gasteiger partial charge in [0.1, 0.15) is 0 Å². The highest BCUT2D eigenvalue weighted by molar-refractivity contribution is 8.30. The first-order valence-electron chi connectivity index (χ1n) is 3.80. The Kier molecular flexibility index (Phi) is 3.40. The van der Waals surface area contributed by atoms with Gasteiger partial charge in [-0.05, 0) is 18.2 Å². The maximum atomic E-state index is 10.6. The zero-order valence-electron chi connectivity index (χ0n) is 7.64. The standard InChI is InChI=1S/C7H5N3O5S/c11-7(12)5-2-1-3-6(4-5)16(8-13,9-14)10-15/h1-4H,(H,11,12). The normalized spacial score (nSPS) is 11.5. The lowest BCUT2D eigenvalue weighted by atomic mass is 10.2. The fourth-order valence-corrected chi connectivity index (χ4v) is 1.86. The molecule has 8 nitrogen and oxygen atoms in total. The molecule has 0 aromatic heterocycles. The quantitative estimate of drug-likeness (QED) is 0.795. The smallest absolute Gasteiger partial charge is 0.335 e. The van der Waals surface area contributed by atoms with Gasteiger partial charge in [-0.1, -0.05) is 6.07 Å². The first-order chi connectivity index (χ1) is 7.59. The lowest BCUT2D eigenvalue weighted by Gasteiger charge is -2.13. The maximum Gasteiger partial charge on any atom is 0.335 e. The summed E-state index contributed by atoms with van der Waals surface area (Å²) in [4.78, 5) is 41.7. The van der Waals surface area contributed by atoms with E-state index in [1.54, 1.807) is 0 Å². The van der Waals surface area contributed by atoms with Crippen LogP contribution in [0, 0.1) is 14.7 Å². The number of rotatable bonds is 5. The van der Waals surface area contributed by atoms with E-state index in [1.165, 1.54) is 18.2 Å². The van der Waals surface area contributed by atoms with E-state index < -0.39 is 16.6 Å². The Bertz CT molecular complexity index is 441. The van der Waals surface area contributed by atoms with E-state index in [9.17, 15) is 19.5 Å². The van der Waals surface area contributed by atoms with Gasteiger partial charge in [0.05, 0.1) is 10.5 Å². The zero-order valence-corrected chi connectivity index (χ0v) is 8.46. The van der Waals surface area contributed by atoms with Crippen molar-refractivity contribution in [2.24, 2.45) is 13.7 Å². The largest absolute Gasteiger partial charge is 0.478 e. The third-order valence-corrected chi connectivity index (χ3v) is 3.22. The van der Waals surface area contributed by atoms with E-state index >= 15 is 0 Å². The fourth-order valence-electron chi connectivity index (χ4n) is 0.969. The predicted molar refractivity (Wildman–Crippen MR) is 56.6 cm³/mol. The molecule has 0 spiro atoms. The van der Waals surface area contributed by atoms with Crippen LogP contribution in [0.2, 0.25) is 0 Å².